The number of ether oxygens (including phenoxy) is 2. The molecule has 21 heavy (non-hydrogen) atoms. The molecule has 7 nitrogen and oxygen atoms in total. The minimum atomic E-state index is -1.29. The van der Waals surface area contributed by atoms with Crippen LogP contribution < -0.4 is 0 Å². The van der Waals surface area contributed by atoms with Crippen LogP contribution in [0.15, 0.2) is 41.2 Å². The van der Waals surface area contributed by atoms with Crippen LogP contribution >= 0.6 is 0 Å². The first-order valence-electron chi connectivity index (χ1n) is 5.83. The normalized spacial score (nSPS) is 14.0. The van der Waals surface area contributed by atoms with Crippen LogP contribution in [-0.4, -0.2) is 35.6 Å². The van der Waals surface area contributed by atoms with Crippen molar-refractivity contribution < 1.29 is 33.8 Å². The minimum Gasteiger partial charge on any atom is -0.478 e. The SMILES string of the molecule is C/C(=C\C(=O)O)C(=O)OCC(=O)OC1=CCC(=C=O)C=C1. The molecule has 0 spiro atoms. The highest BCUT2D eigenvalue weighted by atomic mass is 16.6. The summed E-state index contributed by atoms with van der Waals surface area (Å²) in [4.78, 5) is 43.4. The number of aliphatic carboxylic acids is 1. The first kappa shape index (κ1) is 16.1. The number of carboxylic acids is 1. The minimum absolute atomic E-state index is 0.146. The molecule has 1 rings (SSSR count). The van der Waals surface area contributed by atoms with Gasteiger partial charge in [-0.2, -0.15) is 0 Å². The van der Waals surface area contributed by atoms with E-state index in [2.05, 4.69) is 4.74 Å². The van der Waals surface area contributed by atoms with E-state index in [0.717, 1.165) is 0 Å². The summed E-state index contributed by atoms with van der Waals surface area (Å²) >= 11 is 0. The second kappa shape index (κ2) is 7.62. The van der Waals surface area contributed by atoms with Crippen LogP contribution in [0.5, 0.6) is 0 Å². The number of allylic oxidation sites excluding steroid dienone is 4. The highest BCUT2D eigenvalue weighted by Gasteiger charge is 2.13. The van der Waals surface area contributed by atoms with Crippen LogP contribution in [-0.2, 0) is 28.7 Å². The summed E-state index contributed by atoms with van der Waals surface area (Å²) in [5, 5.41) is 8.45. The fourth-order valence-electron chi connectivity index (χ4n) is 1.32. The van der Waals surface area contributed by atoms with E-state index in [9.17, 15) is 19.2 Å². The third-order valence-corrected chi connectivity index (χ3v) is 2.32. The second-order valence-electron chi connectivity index (χ2n) is 3.99. The third kappa shape index (κ3) is 5.71. The Morgan fingerprint density at radius 1 is 1.38 bits per heavy atom. The number of carbonyl (C=O) groups excluding carboxylic acids is 3. The zero-order valence-electron chi connectivity index (χ0n) is 11.1. The second-order valence-corrected chi connectivity index (χ2v) is 3.99. The van der Waals surface area contributed by atoms with Gasteiger partial charge in [0.15, 0.2) is 6.61 Å². The van der Waals surface area contributed by atoms with Crippen molar-refractivity contribution >= 4 is 23.8 Å². The lowest BCUT2D eigenvalue weighted by atomic mass is 10.1. The molecule has 0 aliphatic heterocycles. The van der Waals surface area contributed by atoms with E-state index in [1.54, 1.807) is 5.94 Å². The van der Waals surface area contributed by atoms with Crippen LogP contribution in [0.2, 0.25) is 0 Å². The molecule has 0 saturated carbocycles. The summed E-state index contributed by atoms with van der Waals surface area (Å²) in [5.74, 6) is -1.08. The molecule has 0 aromatic rings. The van der Waals surface area contributed by atoms with Gasteiger partial charge in [0.1, 0.15) is 11.7 Å². The first-order chi connectivity index (χ1) is 9.92. The van der Waals surface area contributed by atoms with Gasteiger partial charge in [0, 0.05) is 23.6 Å². The lowest BCUT2D eigenvalue weighted by Crippen LogP contribution is -2.17. The van der Waals surface area contributed by atoms with Gasteiger partial charge >= 0.3 is 17.9 Å². The molecule has 0 fully saturated rings. The van der Waals surface area contributed by atoms with Crippen molar-refractivity contribution in [1.82, 2.24) is 0 Å². The predicted octanol–water partition coefficient (Wildman–Crippen LogP) is 0.706. The van der Waals surface area contributed by atoms with Gasteiger partial charge in [-0.1, -0.05) is 0 Å². The average molecular weight is 292 g/mol. The molecular weight excluding hydrogens is 280 g/mol. The Morgan fingerprint density at radius 2 is 2.10 bits per heavy atom. The number of rotatable bonds is 5. The van der Waals surface area contributed by atoms with Crippen molar-refractivity contribution in [1.29, 1.82) is 0 Å². The standard InChI is InChI=1S/C14H12O7/c1-9(6-12(16)17)14(19)20-8-13(18)21-11-4-2-10(7-15)3-5-11/h2,4-6H,3,8H2,1H3,(H,16,17)/b9-6+. The highest BCUT2D eigenvalue weighted by Crippen LogP contribution is 2.14. The lowest BCUT2D eigenvalue weighted by molar-refractivity contribution is -0.153. The molecule has 7 heteroatoms. The molecule has 110 valence electrons. The quantitative estimate of drug-likeness (QED) is 0.451. The first-order valence-corrected chi connectivity index (χ1v) is 5.83. The van der Waals surface area contributed by atoms with Gasteiger partial charge in [0.25, 0.3) is 0 Å². The Balaban J connectivity index is 2.44. The molecule has 1 N–H and O–H groups in total. The summed E-state index contributed by atoms with van der Waals surface area (Å²) in [6.45, 7) is 0.604. The number of hydrogen-bond acceptors (Lipinski definition) is 6. The summed E-state index contributed by atoms with van der Waals surface area (Å²) < 4.78 is 9.46. The molecule has 0 aromatic carbocycles. The highest BCUT2D eigenvalue weighted by molar-refractivity contribution is 5.95. The van der Waals surface area contributed by atoms with E-state index in [4.69, 9.17) is 9.84 Å². The third-order valence-electron chi connectivity index (χ3n) is 2.32. The monoisotopic (exact) mass is 292 g/mol. The largest absolute Gasteiger partial charge is 0.478 e. The lowest BCUT2D eigenvalue weighted by Gasteiger charge is -2.09. The maximum atomic E-state index is 11.4. The van der Waals surface area contributed by atoms with Gasteiger partial charge in [-0.25, -0.2) is 19.2 Å². The summed E-state index contributed by atoms with van der Waals surface area (Å²) in [7, 11) is 0. The summed E-state index contributed by atoms with van der Waals surface area (Å²) in [5.41, 5.74) is 0.281. The summed E-state index contributed by atoms with van der Waals surface area (Å²) in [6, 6.07) is 0. The predicted molar refractivity (Wildman–Crippen MR) is 69.5 cm³/mol. The van der Waals surface area contributed by atoms with E-state index < -0.39 is 24.5 Å². The zero-order chi connectivity index (χ0) is 15.8. The topological polar surface area (TPSA) is 107 Å². The van der Waals surface area contributed by atoms with E-state index in [1.165, 1.54) is 25.2 Å². The Kier molecular flexibility index (Phi) is 5.85. The fraction of sp³-hybridized carbons (Fsp3) is 0.214. The Labute approximate surface area is 119 Å². The maximum Gasteiger partial charge on any atom is 0.349 e. The molecule has 1 aliphatic rings. The molecule has 0 heterocycles. The van der Waals surface area contributed by atoms with Crippen molar-refractivity contribution in [3.8, 4) is 0 Å². The summed E-state index contributed by atoms with van der Waals surface area (Å²) in [6.07, 6.45) is 5.35. The van der Waals surface area contributed by atoms with Gasteiger partial charge in [-0.15, -0.1) is 0 Å². The van der Waals surface area contributed by atoms with Crippen molar-refractivity contribution in [3.05, 3.63) is 41.2 Å². The van der Waals surface area contributed by atoms with Gasteiger partial charge in [0.2, 0.25) is 0 Å². The van der Waals surface area contributed by atoms with E-state index >= 15 is 0 Å². The zero-order valence-corrected chi connectivity index (χ0v) is 11.1. The van der Waals surface area contributed by atoms with Crippen LogP contribution in [0, 0.1) is 0 Å². The molecule has 0 atom stereocenters. The Morgan fingerprint density at radius 3 is 2.62 bits per heavy atom. The van der Waals surface area contributed by atoms with Gasteiger partial charge < -0.3 is 14.6 Å². The maximum absolute atomic E-state index is 11.4. The Bertz CT molecular complexity index is 601. The van der Waals surface area contributed by atoms with Crippen LogP contribution in [0.25, 0.3) is 0 Å². The molecule has 0 aromatic heterocycles. The number of carbonyl (C=O) groups is 3. The molecule has 0 bridgehead atoms. The average Bonchev–Trinajstić information content (AvgIpc) is 2.44. The van der Waals surface area contributed by atoms with Gasteiger partial charge in [0.05, 0.1) is 0 Å². The molecule has 0 unspecified atom stereocenters. The molecule has 0 saturated heterocycles. The number of carboxylic acid groups (broad SMARTS) is 1. The molecule has 0 radical (unpaired) electrons. The van der Waals surface area contributed by atoms with Crippen LogP contribution in [0.1, 0.15) is 13.3 Å². The van der Waals surface area contributed by atoms with Gasteiger partial charge in [-0.3, -0.25) is 0 Å². The number of esters is 2. The van der Waals surface area contributed by atoms with E-state index in [1.807, 2.05) is 0 Å². The van der Waals surface area contributed by atoms with Crippen molar-refractivity contribution in [2.75, 3.05) is 6.61 Å². The molecular formula is C14H12O7. The molecule has 0 amide bonds. The van der Waals surface area contributed by atoms with Crippen molar-refractivity contribution in [2.24, 2.45) is 0 Å². The van der Waals surface area contributed by atoms with Crippen molar-refractivity contribution in [2.45, 2.75) is 13.3 Å². The van der Waals surface area contributed by atoms with Crippen LogP contribution in [0.4, 0.5) is 0 Å². The Hall–Kier alpha value is -2.92. The van der Waals surface area contributed by atoms with E-state index in [-0.39, 0.29) is 11.3 Å². The molecule has 1 aliphatic carbocycles. The van der Waals surface area contributed by atoms with Gasteiger partial charge in [-0.05, 0) is 25.2 Å². The number of hydrogen-bond donors (Lipinski definition) is 1. The fourth-order valence-corrected chi connectivity index (χ4v) is 1.32. The van der Waals surface area contributed by atoms with Crippen molar-refractivity contribution in [3.63, 3.8) is 0 Å². The smallest absolute Gasteiger partial charge is 0.349 e. The van der Waals surface area contributed by atoms with E-state index in [0.29, 0.717) is 18.1 Å². The van der Waals surface area contributed by atoms with Crippen LogP contribution in [0.3, 0.4) is 0 Å².